The highest BCUT2D eigenvalue weighted by Crippen LogP contribution is 2.39. The summed E-state index contributed by atoms with van der Waals surface area (Å²) in [6, 6.07) is 0. The summed E-state index contributed by atoms with van der Waals surface area (Å²) < 4.78 is 1.44. The lowest BCUT2D eigenvalue weighted by Gasteiger charge is -2.54. The van der Waals surface area contributed by atoms with Crippen molar-refractivity contribution in [1.29, 1.82) is 0 Å². The summed E-state index contributed by atoms with van der Waals surface area (Å²) in [7, 11) is 0. The molecule has 0 radical (unpaired) electrons. The van der Waals surface area contributed by atoms with Crippen LogP contribution < -0.4 is 0 Å². The van der Waals surface area contributed by atoms with Gasteiger partial charge in [-0.2, -0.15) is 0 Å². The fourth-order valence-corrected chi connectivity index (χ4v) is 6.72. The summed E-state index contributed by atoms with van der Waals surface area (Å²) in [5, 5.41) is 0. The maximum atomic E-state index is 2.86. The summed E-state index contributed by atoms with van der Waals surface area (Å²) in [4.78, 5) is 8.47. The second-order valence-electron chi connectivity index (χ2n) is 10.2. The second kappa shape index (κ2) is 10.2. The molecule has 0 amide bonds. The van der Waals surface area contributed by atoms with E-state index in [2.05, 4.69) is 21.6 Å². The smallest absolute Gasteiger partial charge is 0.175 e. The predicted molar refractivity (Wildman–Crippen MR) is 118 cm³/mol. The molecule has 0 spiro atoms. The molecule has 0 aliphatic carbocycles. The number of piperazine rings is 2. The van der Waals surface area contributed by atoms with Crippen molar-refractivity contribution in [2.75, 3.05) is 58.9 Å². The Hall–Kier alpha value is -0.160. The van der Waals surface area contributed by atoms with Crippen molar-refractivity contribution >= 4 is 0 Å². The lowest BCUT2D eigenvalue weighted by Crippen LogP contribution is -2.73. The van der Waals surface area contributed by atoms with E-state index in [4.69, 9.17) is 0 Å². The molecule has 4 heterocycles. The lowest BCUT2D eigenvalue weighted by molar-refractivity contribution is -0.954. The van der Waals surface area contributed by atoms with Gasteiger partial charge in [-0.15, -0.1) is 0 Å². The first-order valence-electron chi connectivity index (χ1n) is 12.9. The van der Waals surface area contributed by atoms with E-state index in [1.165, 1.54) is 140 Å². The fraction of sp³-hybridized carbons (Fsp3) is 1.00. The van der Waals surface area contributed by atoms with Gasteiger partial charge in [-0.05, 0) is 12.8 Å². The summed E-state index contributed by atoms with van der Waals surface area (Å²) >= 11 is 0. The predicted octanol–water partition coefficient (Wildman–Crippen LogP) is 4.12. The highest BCUT2D eigenvalue weighted by atomic mass is 15.6. The molecule has 0 aromatic rings. The Morgan fingerprint density at radius 1 is 0.571 bits per heavy atom. The SMILES string of the molecule is CCCCCCCCCCCCCC[N+]12CCN3CCN4CCN(CC1)C2C43. The summed E-state index contributed by atoms with van der Waals surface area (Å²) in [6.07, 6.45) is 19.1. The van der Waals surface area contributed by atoms with E-state index in [1.807, 2.05) is 0 Å². The van der Waals surface area contributed by atoms with Crippen molar-refractivity contribution < 1.29 is 4.48 Å². The molecule has 28 heavy (non-hydrogen) atoms. The van der Waals surface area contributed by atoms with Crippen LogP contribution in [0, 0.1) is 0 Å². The Morgan fingerprint density at radius 2 is 1.04 bits per heavy atom. The highest BCUT2D eigenvalue weighted by Gasteiger charge is 2.59. The Balaban J connectivity index is 1.10. The first kappa shape index (κ1) is 21.1. The molecule has 4 nitrogen and oxygen atoms in total. The monoisotopic (exact) mass is 391 g/mol. The molecule has 4 rings (SSSR count). The van der Waals surface area contributed by atoms with Gasteiger partial charge in [-0.1, -0.05) is 71.1 Å². The van der Waals surface area contributed by atoms with Crippen LogP contribution in [0.1, 0.15) is 84.0 Å². The molecule has 3 unspecified atom stereocenters. The van der Waals surface area contributed by atoms with Crippen LogP contribution >= 0.6 is 0 Å². The summed E-state index contributed by atoms with van der Waals surface area (Å²) in [5.41, 5.74) is 0. The van der Waals surface area contributed by atoms with Gasteiger partial charge in [0.1, 0.15) is 6.17 Å². The van der Waals surface area contributed by atoms with Gasteiger partial charge in [0, 0.05) is 32.7 Å². The second-order valence-corrected chi connectivity index (χ2v) is 10.2. The van der Waals surface area contributed by atoms with Gasteiger partial charge in [0.05, 0.1) is 26.2 Å². The van der Waals surface area contributed by atoms with Gasteiger partial charge in [0.2, 0.25) is 0 Å². The number of hydrogen-bond acceptors (Lipinski definition) is 3. The largest absolute Gasteiger partial charge is 0.304 e. The molecular weight excluding hydrogens is 344 g/mol. The topological polar surface area (TPSA) is 9.72 Å². The van der Waals surface area contributed by atoms with Gasteiger partial charge < -0.3 is 4.48 Å². The summed E-state index contributed by atoms with van der Waals surface area (Å²) in [5.74, 6) is 0. The van der Waals surface area contributed by atoms with Gasteiger partial charge >= 0.3 is 0 Å². The van der Waals surface area contributed by atoms with Crippen molar-refractivity contribution in [3.63, 3.8) is 0 Å². The molecule has 4 saturated heterocycles. The van der Waals surface area contributed by atoms with Crippen LogP contribution in [0.3, 0.4) is 0 Å². The zero-order chi connectivity index (χ0) is 19.2. The zero-order valence-electron chi connectivity index (χ0n) is 18.8. The van der Waals surface area contributed by atoms with Gasteiger partial charge in [0.25, 0.3) is 0 Å². The minimum Gasteiger partial charge on any atom is -0.304 e. The average Bonchev–Trinajstić information content (AvgIpc) is 3.29. The van der Waals surface area contributed by atoms with E-state index in [0.717, 1.165) is 12.3 Å². The number of nitrogens with zero attached hydrogens (tertiary/aromatic N) is 4. The number of hydrogen-bond donors (Lipinski definition) is 0. The quantitative estimate of drug-likeness (QED) is 0.345. The molecule has 0 bridgehead atoms. The Kier molecular flexibility index (Phi) is 7.71. The standard InChI is InChI=1S/C24H47N4/c1-2-3-4-5-6-7-8-9-10-11-12-13-20-28-21-18-26-15-14-25-16-17-27(19-22-28)24(28)23(25)26/h23-24H,2-22H2,1H3/q+1. The third-order valence-corrected chi connectivity index (χ3v) is 8.42. The van der Waals surface area contributed by atoms with Crippen LogP contribution in [0.5, 0.6) is 0 Å². The van der Waals surface area contributed by atoms with Crippen molar-refractivity contribution in [2.45, 2.75) is 96.3 Å². The average molecular weight is 392 g/mol. The first-order chi connectivity index (χ1) is 13.8. The number of unbranched alkanes of at least 4 members (excludes halogenated alkanes) is 11. The van der Waals surface area contributed by atoms with Gasteiger partial charge in [-0.25, -0.2) is 4.90 Å². The molecule has 4 fully saturated rings. The van der Waals surface area contributed by atoms with E-state index in [1.54, 1.807) is 0 Å². The van der Waals surface area contributed by atoms with Crippen LogP contribution in [0.25, 0.3) is 0 Å². The molecule has 0 saturated carbocycles. The third kappa shape index (κ3) is 4.61. The van der Waals surface area contributed by atoms with Crippen molar-refractivity contribution in [2.24, 2.45) is 0 Å². The zero-order valence-corrected chi connectivity index (χ0v) is 18.8. The molecule has 4 aliphatic rings. The molecule has 4 aliphatic heterocycles. The van der Waals surface area contributed by atoms with Crippen molar-refractivity contribution in [3.8, 4) is 0 Å². The Bertz CT molecular complexity index is 464. The van der Waals surface area contributed by atoms with Crippen LogP contribution in [0.4, 0.5) is 0 Å². The summed E-state index contributed by atoms with van der Waals surface area (Å²) in [6.45, 7) is 14.6. The maximum absolute atomic E-state index is 2.86. The Morgan fingerprint density at radius 3 is 1.64 bits per heavy atom. The first-order valence-corrected chi connectivity index (χ1v) is 12.9. The van der Waals surface area contributed by atoms with Crippen molar-refractivity contribution in [3.05, 3.63) is 0 Å². The number of quaternary nitrogens is 1. The van der Waals surface area contributed by atoms with Crippen molar-refractivity contribution in [1.82, 2.24) is 14.7 Å². The van der Waals surface area contributed by atoms with Crippen LogP contribution in [-0.4, -0.2) is 90.4 Å². The molecule has 4 heteroatoms. The Labute approximate surface area is 174 Å². The molecule has 162 valence electrons. The van der Waals surface area contributed by atoms with E-state index in [0.29, 0.717) is 0 Å². The number of rotatable bonds is 13. The molecule has 0 N–H and O–H groups in total. The third-order valence-electron chi connectivity index (χ3n) is 8.42. The van der Waals surface area contributed by atoms with E-state index in [9.17, 15) is 0 Å². The van der Waals surface area contributed by atoms with Crippen LogP contribution in [0.15, 0.2) is 0 Å². The minimum absolute atomic E-state index is 0.752. The fourth-order valence-electron chi connectivity index (χ4n) is 6.72. The van der Waals surface area contributed by atoms with Gasteiger partial charge in [0.15, 0.2) is 6.17 Å². The van der Waals surface area contributed by atoms with Crippen LogP contribution in [0.2, 0.25) is 0 Å². The molecule has 0 aromatic heterocycles. The van der Waals surface area contributed by atoms with Gasteiger partial charge in [-0.3, -0.25) is 9.80 Å². The lowest BCUT2D eigenvalue weighted by atomic mass is 10.0. The molecular formula is C24H47N4+. The van der Waals surface area contributed by atoms with E-state index < -0.39 is 0 Å². The van der Waals surface area contributed by atoms with E-state index in [-0.39, 0.29) is 0 Å². The minimum atomic E-state index is 0.752. The highest BCUT2D eigenvalue weighted by molar-refractivity contribution is 4.97. The van der Waals surface area contributed by atoms with Crippen LogP contribution in [-0.2, 0) is 0 Å². The van der Waals surface area contributed by atoms with E-state index >= 15 is 0 Å². The molecule has 0 aromatic carbocycles. The normalized spacial score (nSPS) is 32.9. The molecule has 3 atom stereocenters. The maximum Gasteiger partial charge on any atom is 0.175 e.